The second-order valence-electron chi connectivity index (χ2n) is 17.1. The first-order chi connectivity index (χ1) is 26.9. The molecule has 0 heterocycles. The summed E-state index contributed by atoms with van der Waals surface area (Å²) in [5.41, 5.74) is -2.41. The molecule has 0 radical (unpaired) electrons. The van der Waals surface area contributed by atoms with Crippen LogP contribution in [0.15, 0.2) is 48.6 Å². The smallest absolute Gasteiger partial charge is 0.460 e. The summed E-state index contributed by atoms with van der Waals surface area (Å²) in [4.78, 5) is 83.1. The molecular weight excluding hydrogens is 752 g/mol. The van der Waals surface area contributed by atoms with E-state index in [1.54, 1.807) is 26.8 Å². The number of carbonyl (C=O) groups is 6. The zero-order valence-electron chi connectivity index (χ0n) is 35.5. The Balaban J connectivity index is 0.000000416. The van der Waals surface area contributed by atoms with Crippen LogP contribution in [-0.2, 0) is 38.1 Å². The first-order valence-electron chi connectivity index (χ1n) is 19.8. The van der Waals surface area contributed by atoms with Crippen LogP contribution in [0.4, 0.5) is 15.3 Å². The van der Waals surface area contributed by atoms with E-state index in [1.807, 2.05) is 52.8 Å². The van der Waals surface area contributed by atoms with Crippen LogP contribution < -0.4 is 10.1 Å². The summed E-state index contributed by atoms with van der Waals surface area (Å²) in [5.74, 6) is -0.581. The van der Waals surface area contributed by atoms with E-state index >= 15 is 0 Å². The fourth-order valence-corrected chi connectivity index (χ4v) is 6.31. The molecule has 0 saturated carbocycles. The molecule has 15 heteroatoms. The topological polar surface area (TPSA) is 204 Å². The predicted molar refractivity (Wildman–Crippen MR) is 215 cm³/mol. The van der Waals surface area contributed by atoms with Crippen LogP contribution in [-0.4, -0.2) is 71.1 Å². The van der Waals surface area contributed by atoms with E-state index in [-0.39, 0.29) is 60.8 Å². The van der Waals surface area contributed by atoms with Crippen molar-refractivity contribution in [2.75, 3.05) is 7.05 Å². The number of nitrogens with zero attached hydrogens (tertiary/aromatic N) is 1. The molecule has 1 aromatic rings. The lowest BCUT2D eigenvalue weighted by molar-refractivity contribution is -0.384. The second-order valence-corrected chi connectivity index (χ2v) is 17.1. The summed E-state index contributed by atoms with van der Waals surface area (Å²) in [6, 6.07) is 5.08. The first kappa shape index (κ1) is 49.1. The summed E-state index contributed by atoms with van der Waals surface area (Å²) in [5, 5.41) is 13.1. The number of nitro benzene ring substituents is 1. The molecule has 1 aromatic carbocycles. The van der Waals surface area contributed by atoms with Crippen molar-refractivity contribution in [3.63, 3.8) is 0 Å². The molecule has 1 N–H and O–H groups in total. The third-order valence-electron chi connectivity index (χ3n) is 9.65. The average Bonchev–Trinajstić information content (AvgIpc) is 3.11. The lowest BCUT2D eigenvalue weighted by atomic mass is 9.74. The molecule has 1 amide bonds. The fourth-order valence-electron chi connectivity index (χ4n) is 6.31. The van der Waals surface area contributed by atoms with Gasteiger partial charge in [-0.1, -0.05) is 26.0 Å². The van der Waals surface area contributed by atoms with Crippen LogP contribution in [0.3, 0.4) is 0 Å². The minimum absolute atomic E-state index is 0.0177. The van der Waals surface area contributed by atoms with Crippen LogP contribution in [0, 0.1) is 20.9 Å². The van der Waals surface area contributed by atoms with Gasteiger partial charge in [0.15, 0.2) is 0 Å². The molecule has 0 fully saturated rings. The Morgan fingerprint density at radius 2 is 1.14 bits per heavy atom. The van der Waals surface area contributed by atoms with Crippen LogP contribution in [0.5, 0.6) is 5.75 Å². The predicted octanol–water partition coefficient (Wildman–Crippen LogP) is 8.84. The lowest BCUT2D eigenvalue weighted by Crippen LogP contribution is -2.32. The van der Waals surface area contributed by atoms with Gasteiger partial charge in [0, 0.05) is 42.9 Å². The van der Waals surface area contributed by atoms with E-state index in [4.69, 9.17) is 23.7 Å². The largest absolute Gasteiger partial charge is 0.514 e. The maximum atomic E-state index is 12.9. The van der Waals surface area contributed by atoms with E-state index in [1.165, 1.54) is 31.3 Å². The molecule has 4 atom stereocenters. The Kier molecular flexibility index (Phi) is 18.8. The van der Waals surface area contributed by atoms with Crippen molar-refractivity contribution in [2.24, 2.45) is 10.8 Å². The molecule has 0 aliphatic heterocycles. The fraction of sp³-hybridized carbons (Fsp3) is 0.628. The second kappa shape index (κ2) is 22.2. The molecule has 0 bridgehead atoms. The molecule has 2 aliphatic carbocycles. The number of allylic oxidation sites excluding steroid dienone is 2. The van der Waals surface area contributed by atoms with Crippen LogP contribution in [0.25, 0.3) is 0 Å². The first-order valence-corrected chi connectivity index (χ1v) is 19.8. The third kappa shape index (κ3) is 18.5. The molecule has 322 valence electrons. The minimum Gasteiger partial charge on any atom is -0.460 e. The van der Waals surface area contributed by atoms with E-state index < -0.39 is 51.3 Å². The number of ketones is 2. The van der Waals surface area contributed by atoms with Gasteiger partial charge in [0.2, 0.25) is 0 Å². The van der Waals surface area contributed by atoms with Crippen molar-refractivity contribution in [3.05, 3.63) is 58.7 Å². The van der Waals surface area contributed by atoms with Gasteiger partial charge < -0.3 is 29.0 Å². The number of esters is 2. The Morgan fingerprint density at radius 3 is 1.53 bits per heavy atom. The Morgan fingerprint density at radius 1 is 0.707 bits per heavy atom. The highest BCUT2D eigenvalue weighted by atomic mass is 16.7. The monoisotopic (exact) mass is 814 g/mol. The summed E-state index contributed by atoms with van der Waals surface area (Å²) in [6.45, 7) is 14.6. The third-order valence-corrected chi connectivity index (χ3v) is 9.65. The molecule has 58 heavy (non-hydrogen) atoms. The minimum atomic E-state index is -0.933. The highest BCUT2D eigenvalue weighted by molar-refractivity contribution is 5.88. The van der Waals surface area contributed by atoms with E-state index in [9.17, 15) is 38.9 Å². The van der Waals surface area contributed by atoms with Gasteiger partial charge in [0.1, 0.15) is 40.7 Å². The Bertz CT molecular complexity index is 1650. The van der Waals surface area contributed by atoms with Gasteiger partial charge in [-0.05, 0) is 117 Å². The summed E-state index contributed by atoms with van der Waals surface area (Å²) in [6.07, 6.45) is 10.4. The normalized spacial score (nSPS) is 23.3. The number of alkyl carbamates (subject to hydrolysis) is 1. The van der Waals surface area contributed by atoms with Gasteiger partial charge in [-0.25, -0.2) is 9.59 Å². The number of ether oxygens (including phenoxy) is 5. The van der Waals surface area contributed by atoms with Gasteiger partial charge in [0.05, 0.1) is 17.8 Å². The van der Waals surface area contributed by atoms with Gasteiger partial charge >= 0.3 is 24.2 Å². The van der Waals surface area contributed by atoms with Crippen molar-refractivity contribution < 1.29 is 57.4 Å². The van der Waals surface area contributed by atoms with Gasteiger partial charge in [0.25, 0.3) is 5.69 Å². The van der Waals surface area contributed by atoms with Crippen molar-refractivity contribution in [3.8, 4) is 5.75 Å². The number of rotatable bonds is 12. The average molecular weight is 815 g/mol. The van der Waals surface area contributed by atoms with Gasteiger partial charge in [-0.15, -0.1) is 0 Å². The molecule has 0 saturated heterocycles. The van der Waals surface area contributed by atoms with Crippen LogP contribution >= 0.6 is 0 Å². The van der Waals surface area contributed by atoms with Crippen molar-refractivity contribution in [1.82, 2.24) is 5.32 Å². The number of benzene rings is 1. The number of nitro groups is 1. The highest BCUT2D eigenvalue weighted by Crippen LogP contribution is 2.36. The SMILES string of the molecule is CC(C)(C)OC(=O)CCC(=O)[C@]1(C)CC/C=C/[C@H](OC(=O)Oc2ccc([N+](=O)[O-])cc2)CC1.CNC(=O)O[C@H]1/C=C/CC[C@@](C)(C(=O)CCC(=O)OC(C)(C)C)CC1. The van der Waals surface area contributed by atoms with Gasteiger partial charge in [-0.2, -0.15) is 0 Å². The number of hydrogen-bond acceptors (Lipinski definition) is 13. The molecule has 0 spiro atoms. The zero-order valence-corrected chi connectivity index (χ0v) is 35.5. The highest BCUT2D eigenvalue weighted by Gasteiger charge is 2.36. The van der Waals surface area contributed by atoms with E-state index in [0.717, 1.165) is 12.8 Å². The molecule has 3 rings (SSSR count). The summed E-state index contributed by atoms with van der Waals surface area (Å²) in [7, 11) is 1.51. The number of carbonyl (C=O) groups excluding carboxylic acids is 6. The Labute approximate surface area is 341 Å². The molecule has 2 aliphatic rings. The van der Waals surface area contributed by atoms with Crippen LogP contribution in [0.2, 0.25) is 0 Å². The van der Waals surface area contributed by atoms with Crippen molar-refractivity contribution in [2.45, 2.75) is 156 Å². The van der Waals surface area contributed by atoms with Crippen LogP contribution in [0.1, 0.15) is 132 Å². The number of Topliss-reactive ketones (excluding diaryl/α,β-unsaturated/α-hetero) is 2. The van der Waals surface area contributed by atoms with Gasteiger partial charge in [-0.3, -0.25) is 29.3 Å². The molecule has 15 nitrogen and oxygen atoms in total. The standard InChI is InChI=1S/C24H31NO8.C19H31NO5/c1-23(2,3)33-21(27)13-12-20(26)24(4)15-6-5-7-18(14-16-24)31-22(28)32-19-10-8-17(9-11-19)25(29)30;1-18(2,3)25-16(22)10-9-15(21)19(4)12-7-6-8-14(11-13-19)24-17(23)20-5/h5,7-11,18H,6,12-16H2,1-4H3;6,8,14H,7,9-13H2,1-5H3,(H,20,23)/b7-5+;8-6+/t18-,24+;14-,19+/m00/s1. The maximum Gasteiger partial charge on any atom is 0.514 e. The molecule has 0 unspecified atom stereocenters. The zero-order chi connectivity index (χ0) is 43.7. The molecule has 0 aromatic heterocycles. The van der Waals surface area contributed by atoms with E-state index in [2.05, 4.69) is 5.32 Å². The van der Waals surface area contributed by atoms with E-state index in [0.29, 0.717) is 38.5 Å². The number of non-ortho nitro benzene ring substituents is 1. The lowest BCUT2D eigenvalue weighted by Gasteiger charge is -2.31. The number of amides is 1. The quantitative estimate of drug-likeness (QED) is 0.0524. The van der Waals surface area contributed by atoms with Crippen molar-refractivity contribution in [1.29, 1.82) is 0 Å². The summed E-state index contributed by atoms with van der Waals surface area (Å²) >= 11 is 0. The van der Waals surface area contributed by atoms with Crippen molar-refractivity contribution >= 4 is 41.4 Å². The summed E-state index contributed by atoms with van der Waals surface area (Å²) < 4.78 is 26.3. The molecular formula is C43H62N2O13. The number of nitrogens with one attached hydrogen (secondary N) is 1. The maximum absolute atomic E-state index is 12.9. The number of hydrogen-bond donors (Lipinski definition) is 1. The Hall–Kier alpha value is -5.08.